The average molecular weight is 252 g/mol. The fourth-order valence-electron chi connectivity index (χ4n) is 2.10. The summed E-state index contributed by atoms with van der Waals surface area (Å²) in [7, 11) is 0. The number of carbonyl (C=O) groups excluding carboxylic acids is 1. The van der Waals surface area contributed by atoms with Gasteiger partial charge in [-0.25, -0.2) is 0 Å². The molecule has 2 rings (SSSR count). The molecule has 94 valence electrons. The smallest absolute Gasteiger partial charge is 0.240 e. The molecule has 3 nitrogen and oxygen atoms in total. The van der Waals surface area contributed by atoms with E-state index in [4.69, 9.17) is 5.73 Å². The van der Waals surface area contributed by atoms with E-state index in [2.05, 4.69) is 24.4 Å². The minimum atomic E-state index is -0.584. The maximum atomic E-state index is 11.9. The van der Waals surface area contributed by atoms with Crippen LogP contribution in [0.15, 0.2) is 12.1 Å². The Morgan fingerprint density at radius 2 is 2.29 bits per heavy atom. The second-order valence-corrected chi connectivity index (χ2v) is 6.47. The molecule has 0 bridgehead atoms. The molecule has 1 fully saturated rings. The van der Waals surface area contributed by atoms with E-state index in [1.54, 1.807) is 11.3 Å². The van der Waals surface area contributed by atoms with Crippen molar-refractivity contribution >= 4 is 17.2 Å². The van der Waals surface area contributed by atoms with Crippen molar-refractivity contribution in [3.63, 3.8) is 0 Å². The lowest BCUT2D eigenvalue weighted by Crippen LogP contribution is -2.60. The summed E-state index contributed by atoms with van der Waals surface area (Å²) in [6, 6.07) is 4.40. The molecule has 17 heavy (non-hydrogen) atoms. The van der Waals surface area contributed by atoms with Crippen LogP contribution >= 0.6 is 11.3 Å². The minimum Gasteiger partial charge on any atom is -0.352 e. The molecule has 1 aromatic rings. The van der Waals surface area contributed by atoms with Gasteiger partial charge in [0, 0.05) is 22.2 Å². The van der Waals surface area contributed by atoms with Crippen LogP contribution in [-0.4, -0.2) is 17.5 Å². The van der Waals surface area contributed by atoms with E-state index in [1.807, 2.05) is 6.92 Å². The van der Waals surface area contributed by atoms with Gasteiger partial charge in [0.15, 0.2) is 0 Å². The molecule has 1 saturated carbocycles. The molecule has 1 aliphatic rings. The number of thiophene rings is 1. The Morgan fingerprint density at radius 3 is 2.76 bits per heavy atom. The van der Waals surface area contributed by atoms with Crippen LogP contribution in [0, 0.1) is 6.92 Å². The lowest BCUT2D eigenvalue weighted by molar-refractivity contribution is -0.129. The van der Waals surface area contributed by atoms with Crippen molar-refractivity contribution in [2.75, 3.05) is 0 Å². The van der Waals surface area contributed by atoms with Crippen LogP contribution in [-0.2, 0) is 11.2 Å². The number of rotatable bonds is 4. The van der Waals surface area contributed by atoms with Gasteiger partial charge in [0.25, 0.3) is 0 Å². The Bertz CT molecular complexity index is 409. The molecule has 0 aliphatic heterocycles. The maximum Gasteiger partial charge on any atom is 0.240 e. The monoisotopic (exact) mass is 252 g/mol. The highest BCUT2D eigenvalue weighted by atomic mass is 32.1. The molecule has 1 aliphatic carbocycles. The Morgan fingerprint density at radius 1 is 1.59 bits per heavy atom. The van der Waals surface area contributed by atoms with Crippen molar-refractivity contribution in [3.05, 3.63) is 21.9 Å². The number of carbonyl (C=O) groups is 1. The Hall–Kier alpha value is -0.870. The predicted octanol–water partition coefficient (Wildman–Crippen LogP) is 1.99. The van der Waals surface area contributed by atoms with E-state index in [9.17, 15) is 4.79 Å². The molecule has 0 spiro atoms. The Kier molecular flexibility index (Phi) is 3.54. The minimum absolute atomic E-state index is 0.0181. The second kappa shape index (κ2) is 4.78. The van der Waals surface area contributed by atoms with Crippen LogP contribution in [0.2, 0.25) is 0 Å². The van der Waals surface area contributed by atoms with Crippen molar-refractivity contribution in [1.82, 2.24) is 5.32 Å². The van der Waals surface area contributed by atoms with Gasteiger partial charge < -0.3 is 11.1 Å². The summed E-state index contributed by atoms with van der Waals surface area (Å²) in [5.74, 6) is 0.0181. The third-order valence-electron chi connectivity index (χ3n) is 3.38. The molecule has 3 N–H and O–H groups in total. The molecule has 1 aromatic heterocycles. The number of aryl methyl sites for hydroxylation is 1. The first-order chi connectivity index (χ1) is 7.99. The van der Waals surface area contributed by atoms with Crippen molar-refractivity contribution in [3.8, 4) is 0 Å². The quantitative estimate of drug-likeness (QED) is 0.861. The van der Waals surface area contributed by atoms with Gasteiger partial charge in [0.05, 0.1) is 5.54 Å². The molecule has 4 heteroatoms. The van der Waals surface area contributed by atoms with Gasteiger partial charge >= 0.3 is 0 Å². The van der Waals surface area contributed by atoms with Gasteiger partial charge in [-0.3, -0.25) is 4.79 Å². The zero-order chi connectivity index (χ0) is 12.5. The van der Waals surface area contributed by atoms with Gasteiger partial charge in [0.1, 0.15) is 0 Å². The topological polar surface area (TPSA) is 55.1 Å². The third-order valence-corrected chi connectivity index (χ3v) is 4.40. The fraction of sp³-hybridized carbons (Fsp3) is 0.615. The van der Waals surface area contributed by atoms with Gasteiger partial charge in [-0.05, 0) is 45.2 Å². The summed E-state index contributed by atoms with van der Waals surface area (Å²) in [6.07, 6.45) is 3.61. The van der Waals surface area contributed by atoms with E-state index in [1.165, 1.54) is 9.75 Å². The Labute approximate surface area is 106 Å². The van der Waals surface area contributed by atoms with E-state index in [0.717, 1.165) is 25.7 Å². The van der Waals surface area contributed by atoms with E-state index >= 15 is 0 Å². The largest absolute Gasteiger partial charge is 0.352 e. The first kappa shape index (κ1) is 12.6. The molecule has 1 heterocycles. The number of hydrogen-bond acceptors (Lipinski definition) is 3. The molecule has 0 aromatic carbocycles. The van der Waals surface area contributed by atoms with E-state index in [0.29, 0.717) is 0 Å². The molecule has 1 unspecified atom stereocenters. The number of nitrogens with two attached hydrogens (primary N) is 1. The highest BCUT2D eigenvalue weighted by Crippen LogP contribution is 2.29. The van der Waals surface area contributed by atoms with Crippen molar-refractivity contribution in [2.24, 2.45) is 5.73 Å². The standard InChI is InChI=1S/C13H20N2OS/c1-9(8-11-5-4-10(2)17-11)15-12(16)13(14)6-3-7-13/h4-5,9H,3,6-8,14H2,1-2H3,(H,15,16). The SMILES string of the molecule is Cc1ccc(CC(C)NC(=O)C2(N)CCC2)s1. The molecular formula is C13H20N2OS. The third kappa shape index (κ3) is 2.87. The fourth-order valence-corrected chi connectivity index (χ4v) is 3.12. The average Bonchev–Trinajstić information content (AvgIpc) is 2.60. The van der Waals surface area contributed by atoms with Gasteiger partial charge in [-0.15, -0.1) is 11.3 Å². The van der Waals surface area contributed by atoms with Crippen molar-refractivity contribution < 1.29 is 4.79 Å². The number of nitrogens with one attached hydrogen (secondary N) is 1. The van der Waals surface area contributed by atoms with Gasteiger partial charge in [0.2, 0.25) is 5.91 Å². The van der Waals surface area contributed by atoms with E-state index in [-0.39, 0.29) is 11.9 Å². The van der Waals surface area contributed by atoms with Crippen LogP contribution in [0.4, 0.5) is 0 Å². The van der Waals surface area contributed by atoms with Crippen LogP contribution in [0.1, 0.15) is 35.9 Å². The summed E-state index contributed by atoms with van der Waals surface area (Å²) in [4.78, 5) is 14.5. The summed E-state index contributed by atoms with van der Waals surface area (Å²) in [5, 5.41) is 3.02. The molecule has 0 radical (unpaired) electrons. The summed E-state index contributed by atoms with van der Waals surface area (Å²) in [6.45, 7) is 4.13. The first-order valence-electron chi connectivity index (χ1n) is 6.15. The summed E-state index contributed by atoms with van der Waals surface area (Å²) >= 11 is 1.79. The number of hydrogen-bond donors (Lipinski definition) is 2. The lowest BCUT2D eigenvalue weighted by atomic mass is 9.77. The van der Waals surface area contributed by atoms with Crippen LogP contribution in [0.3, 0.4) is 0 Å². The second-order valence-electron chi connectivity index (χ2n) is 5.10. The molecule has 1 amide bonds. The zero-order valence-electron chi connectivity index (χ0n) is 10.5. The normalized spacial score (nSPS) is 19.5. The maximum absolute atomic E-state index is 11.9. The van der Waals surface area contributed by atoms with Crippen LogP contribution in [0.25, 0.3) is 0 Å². The lowest BCUT2D eigenvalue weighted by Gasteiger charge is -2.37. The number of amides is 1. The van der Waals surface area contributed by atoms with Gasteiger partial charge in [-0.2, -0.15) is 0 Å². The molecule has 1 atom stereocenters. The van der Waals surface area contributed by atoms with Crippen molar-refractivity contribution in [2.45, 2.75) is 51.1 Å². The zero-order valence-corrected chi connectivity index (χ0v) is 11.3. The van der Waals surface area contributed by atoms with Gasteiger partial charge in [-0.1, -0.05) is 0 Å². The molecule has 0 saturated heterocycles. The predicted molar refractivity (Wildman–Crippen MR) is 71.1 cm³/mol. The Balaban J connectivity index is 1.84. The highest BCUT2D eigenvalue weighted by Gasteiger charge is 2.40. The van der Waals surface area contributed by atoms with Crippen LogP contribution in [0.5, 0.6) is 0 Å². The summed E-state index contributed by atoms with van der Waals surface area (Å²) in [5.41, 5.74) is 5.40. The highest BCUT2D eigenvalue weighted by molar-refractivity contribution is 7.11. The van der Waals surface area contributed by atoms with Crippen molar-refractivity contribution in [1.29, 1.82) is 0 Å². The van der Waals surface area contributed by atoms with E-state index < -0.39 is 5.54 Å². The molecular weight excluding hydrogens is 232 g/mol. The first-order valence-corrected chi connectivity index (χ1v) is 6.96. The van der Waals surface area contributed by atoms with Crippen LogP contribution < -0.4 is 11.1 Å². The summed E-state index contributed by atoms with van der Waals surface area (Å²) < 4.78 is 0.